The van der Waals surface area contributed by atoms with Gasteiger partial charge in [-0.25, -0.2) is 9.78 Å². The van der Waals surface area contributed by atoms with Crippen LogP contribution in [0.5, 0.6) is 0 Å². The van der Waals surface area contributed by atoms with Crippen LogP contribution in [0, 0.1) is 0 Å². The Morgan fingerprint density at radius 1 is 1.38 bits per heavy atom. The van der Waals surface area contributed by atoms with Crippen molar-refractivity contribution < 1.29 is 22.7 Å². The van der Waals surface area contributed by atoms with Gasteiger partial charge in [-0.2, -0.15) is 0 Å². The number of esters is 1. The fourth-order valence-corrected chi connectivity index (χ4v) is 1.19. The SMILES string of the molecule is O=C(OC(F)(F)F)c1cn2ccccc2n1. The van der Waals surface area contributed by atoms with E-state index < -0.39 is 12.3 Å². The predicted molar refractivity (Wildman–Crippen MR) is 46.7 cm³/mol. The van der Waals surface area contributed by atoms with E-state index in [0.717, 1.165) is 0 Å². The van der Waals surface area contributed by atoms with Gasteiger partial charge in [0.25, 0.3) is 0 Å². The van der Waals surface area contributed by atoms with E-state index in [4.69, 9.17) is 0 Å². The molecule has 0 radical (unpaired) electrons. The number of fused-ring (bicyclic) bond motifs is 1. The summed E-state index contributed by atoms with van der Waals surface area (Å²) in [7, 11) is 0. The Kier molecular flexibility index (Phi) is 2.30. The average Bonchev–Trinajstić information content (AvgIpc) is 2.58. The Labute approximate surface area is 87.3 Å². The van der Waals surface area contributed by atoms with Crippen LogP contribution in [0.1, 0.15) is 10.5 Å². The highest BCUT2D eigenvalue weighted by Gasteiger charge is 2.35. The van der Waals surface area contributed by atoms with Crippen molar-refractivity contribution in [3.63, 3.8) is 0 Å². The molecule has 0 aliphatic carbocycles. The quantitative estimate of drug-likeness (QED) is 0.704. The highest BCUT2D eigenvalue weighted by Crippen LogP contribution is 2.18. The second-order valence-corrected chi connectivity index (χ2v) is 2.93. The lowest BCUT2D eigenvalue weighted by Gasteiger charge is -2.04. The monoisotopic (exact) mass is 230 g/mol. The first-order valence-corrected chi connectivity index (χ1v) is 4.19. The zero-order chi connectivity index (χ0) is 11.8. The van der Waals surface area contributed by atoms with Gasteiger partial charge < -0.3 is 9.14 Å². The van der Waals surface area contributed by atoms with Gasteiger partial charge in [0, 0.05) is 12.4 Å². The molecule has 0 saturated heterocycles. The van der Waals surface area contributed by atoms with Crippen molar-refractivity contribution in [1.82, 2.24) is 9.38 Å². The molecule has 7 heteroatoms. The number of aromatic nitrogens is 2. The number of hydrogen-bond donors (Lipinski definition) is 0. The van der Waals surface area contributed by atoms with E-state index in [1.54, 1.807) is 24.4 Å². The number of ether oxygens (including phenoxy) is 1. The second-order valence-electron chi connectivity index (χ2n) is 2.93. The third kappa shape index (κ3) is 2.13. The van der Waals surface area contributed by atoms with Gasteiger partial charge in [0.05, 0.1) is 0 Å². The molecule has 0 N–H and O–H groups in total. The second kappa shape index (κ2) is 3.51. The van der Waals surface area contributed by atoms with Gasteiger partial charge in [0.1, 0.15) is 5.65 Å². The largest absolute Gasteiger partial charge is 0.575 e. The van der Waals surface area contributed by atoms with Gasteiger partial charge in [-0.05, 0) is 12.1 Å². The summed E-state index contributed by atoms with van der Waals surface area (Å²) in [6, 6.07) is 4.87. The van der Waals surface area contributed by atoms with Crippen LogP contribution in [0.15, 0.2) is 30.6 Å². The summed E-state index contributed by atoms with van der Waals surface area (Å²) in [6.07, 6.45) is -2.26. The van der Waals surface area contributed by atoms with Crippen molar-refractivity contribution in [2.75, 3.05) is 0 Å². The van der Waals surface area contributed by atoms with Gasteiger partial charge in [0.2, 0.25) is 0 Å². The number of hydrogen-bond acceptors (Lipinski definition) is 3. The van der Waals surface area contributed by atoms with Gasteiger partial charge in [-0.1, -0.05) is 6.07 Å². The normalized spacial score (nSPS) is 11.7. The minimum atomic E-state index is -4.99. The van der Waals surface area contributed by atoms with Gasteiger partial charge >= 0.3 is 12.3 Å². The number of nitrogens with zero attached hydrogens (tertiary/aromatic N) is 2. The Balaban J connectivity index is 2.30. The molecule has 2 heterocycles. The smallest absolute Gasteiger partial charge is 0.368 e. The Hall–Kier alpha value is -2.05. The molecular formula is C9H5F3N2O2. The standard InChI is InChI=1S/C9H5F3N2O2/c10-9(11,12)16-8(15)6-5-14-4-2-1-3-7(14)13-6/h1-5H. The van der Waals surface area contributed by atoms with Crippen molar-refractivity contribution in [2.24, 2.45) is 0 Å². The fraction of sp³-hybridized carbons (Fsp3) is 0.111. The van der Waals surface area contributed by atoms with Crippen molar-refractivity contribution in [3.8, 4) is 0 Å². The van der Waals surface area contributed by atoms with Crippen molar-refractivity contribution in [2.45, 2.75) is 6.36 Å². The number of alkyl halides is 3. The summed E-state index contributed by atoms with van der Waals surface area (Å²) in [4.78, 5) is 14.7. The molecule has 0 saturated carbocycles. The fourth-order valence-electron chi connectivity index (χ4n) is 1.19. The van der Waals surface area contributed by atoms with E-state index in [1.165, 1.54) is 10.6 Å². The zero-order valence-corrected chi connectivity index (χ0v) is 7.73. The molecule has 2 aromatic rings. The molecule has 2 aromatic heterocycles. The predicted octanol–water partition coefficient (Wildman–Crippen LogP) is 2.01. The van der Waals surface area contributed by atoms with Crippen molar-refractivity contribution in [3.05, 3.63) is 36.3 Å². The lowest BCUT2D eigenvalue weighted by atomic mass is 10.5. The first-order chi connectivity index (χ1) is 7.46. The average molecular weight is 230 g/mol. The van der Waals surface area contributed by atoms with Crippen LogP contribution in [-0.2, 0) is 4.74 Å². The summed E-state index contributed by atoms with van der Waals surface area (Å²) < 4.78 is 40.0. The number of carbonyl (C=O) groups is 1. The number of carbonyl (C=O) groups excluding carboxylic acids is 1. The Bertz CT molecular complexity index is 500. The summed E-state index contributed by atoms with van der Waals surface area (Å²) in [5.74, 6) is -1.52. The minimum absolute atomic E-state index is 0.372. The van der Waals surface area contributed by atoms with Crippen LogP contribution in [0.25, 0.3) is 5.65 Å². The van der Waals surface area contributed by atoms with Crippen LogP contribution in [-0.4, -0.2) is 21.7 Å². The van der Waals surface area contributed by atoms with E-state index >= 15 is 0 Å². The van der Waals surface area contributed by atoms with E-state index in [-0.39, 0.29) is 5.69 Å². The highest BCUT2D eigenvalue weighted by molar-refractivity contribution is 5.88. The van der Waals surface area contributed by atoms with Crippen LogP contribution in [0.4, 0.5) is 13.2 Å². The van der Waals surface area contributed by atoms with Crippen LogP contribution < -0.4 is 0 Å². The molecule has 0 atom stereocenters. The van der Waals surface area contributed by atoms with Gasteiger partial charge in [0.15, 0.2) is 5.69 Å². The molecule has 0 amide bonds. The van der Waals surface area contributed by atoms with Crippen LogP contribution >= 0.6 is 0 Å². The number of pyridine rings is 1. The Morgan fingerprint density at radius 2 is 2.12 bits per heavy atom. The topological polar surface area (TPSA) is 43.6 Å². The van der Waals surface area contributed by atoms with Crippen molar-refractivity contribution >= 4 is 11.6 Å². The number of halogens is 3. The Morgan fingerprint density at radius 3 is 2.75 bits per heavy atom. The summed E-state index contributed by atoms with van der Waals surface area (Å²) in [5.41, 5.74) is -0.0138. The molecular weight excluding hydrogens is 225 g/mol. The maximum Gasteiger partial charge on any atom is 0.575 e. The third-order valence-electron chi connectivity index (χ3n) is 1.78. The summed E-state index contributed by atoms with van der Waals surface area (Å²) in [6.45, 7) is 0. The first-order valence-electron chi connectivity index (χ1n) is 4.19. The molecule has 0 aliphatic rings. The molecule has 84 valence electrons. The molecule has 2 rings (SSSR count). The minimum Gasteiger partial charge on any atom is -0.368 e. The van der Waals surface area contributed by atoms with Crippen LogP contribution in [0.2, 0.25) is 0 Å². The molecule has 0 aromatic carbocycles. The molecule has 16 heavy (non-hydrogen) atoms. The first kappa shape index (κ1) is 10.5. The van der Waals surface area contributed by atoms with Gasteiger partial charge in [-0.15, -0.1) is 13.2 Å². The van der Waals surface area contributed by atoms with E-state index in [9.17, 15) is 18.0 Å². The number of rotatable bonds is 1. The molecule has 0 spiro atoms. The zero-order valence-electron chi connectivity index (χ0n) is 7.73. The summed E-state index contributed by atoms with van der Waals surface area (Å²) in [5, 5.41) is 0. The van der Waals surface area contributed by atoms with E-state index in [1.807, 2.05) is 0 Å². The van der Waals surface area contributed by atoms with Crippen LogP contribution in [0.3, 0.4) is 0 Å². The van der Waals surface area contributed by atoms with Gasteiger partial charge in [-0.3, -0.25) is 0 Å². The summed E-state index contributed by atoms with van der Waals surface area (Å²) >= 11 is 0. The van der Waals surface area contributed by atoms with E-state index in [0.29, 0.717) is 5.65 Å². The third-order valence-corrected chi connectivity index (χ3v) is 1.78. The molecule has 0 unspecified atom stereocenters. The molecule has 0 fully saturated rings. The molecule has 0 bridgehead atoms. The lowest BCUT2D eigenvalue weighted by Crippen LogP contribution is -2.19. The molecule has 4 nitrogen and oxygen atoms in total. The highest BCUT2D eigenvalue weighted by atomic mass is 19.4. The van der Waals surface area contributed by atoms with E-state index in [2.05, 4.69) is 9.72 Å². The van der Waals surface area contributed by atoms with Crippen molar-refractivity contribution in [1.29, 1.82) is 0 Å². The maximum atomic E-state index is 11.8. The maximum absolute atomic E-state index is 11.8. The lowest BCUT2D eigenvalue weighted by molar-refractivity contribution is -0.291. The molecule has 0 aliphatic heterocycles. The number of imidazole rings is 1.